The van der Waals surface area contributed by atoms with E-state index in [-0.39, 0.29) is 16.9 Å². The van der Waals surface area contributed by atoms with Crippen LogP contribution >= 0.6 is 11.3 Å². The number of aliphatic imine (C=N–C) groups is 1. The van der Waals surface area contributed by atoms with Crippen LogP contribution in [0.15, 0.2) is 87.8 Å². The highest BCUT2D eigenvalue weighted by molar-refractivity contribution is 7.89. The molecule has 210 valence electrons. The molecule has 2 aliphatic rings. The second-order valence-corrected chi connectivity index (χ2v) is 13.0. The average Bonchev–Trinajstić information content (AvgIpc) is 3.52. The van der Waals surface area contributed by atoms with E-state index >= 15 is 0 Å². The molecule has 0 amide bonds. The molecule has 2 atom stereocenters. The van der Waals surface area contributed by atoms with Crippen LogP contribution in [0.3, 0.4) is 0 Å². The minimum absolute atomic E-state index is 0.0211. The van der Waals surface area contributed by atoms with Crippen LogP contribution in [0.25, 0.3) is 0 Å². The third kappa shape index (κ3) is 6.38. The lowest BCUT2D eigenvalue weighted by Crippen LogP contribution is -2.50. The second kappa shape index (κ2) is 12.1. The topological polar surface area (TPSA) is 90.8 Å². The highest BCUT2D eigenvalue weighted by Gasteiger charge is 2.43. The van der Waals surface area contributed by atoms with E-state index < -0.39 is 15.9 Å². The molecule has 0 spiro atoms. The summed E-state index contributed by atoms with van der Waals surface area (Å²) in [5.41, 5.74) is 2.31. The third-order valence-corrected chi connectivity index (χ3v) is 10.2. The monoisotopic (exact) mass is 580 g/mol. The molecule has 4 heterocycles. The van der Waals surface area contributed by atoms with Gasteiger partial charge in [-0.15, -0.1) is 0 Å². The number of nitrogens with zero attached hydrogens (tertiary/aromatic N) is 5. The van der Waals surface area contributed by atoms with E-state index in [0.29, 0.717) is 29.3 Å². The number of hydrogen-bond donors (Lipinski definition) is 1. The highest BCUT2D eigenvalue weighted by atomic mass is 32.2. The van der Waals surface area contributed by atoms with E-state index in [2.05, 4.69) is 48.6 Å². The van der Waals surface area contributed by atoms with Gasteiger partial charge in [0.1, 0.15) is 0 Å². The van der Waals surface area contributed by atoms with Crippen molar-refractivity contribution in [3.63, 3.8) is 0 Å². The maximum absolute atomic E-state index is 13.5. The first-order valence-corrected chi connectivity index (χ1v) is 15.6. The van der Waals surface area contributed by atoms with Crippen LogP contribution in [0.1, 0.15) is 38.2 Å². The lowest BCUT2D eigenvalue weighted by Gasteiger charge is -2.41. The Morgan fingerprint density at radius 2 is 1.95 bits per heavy atom. The molecular weight excluding hydrogens is 547 g/mol. The van der Waals surface area contributed by atoms with Crippen molar-refractivity contribution in [2.45, 2.75) is 62.2 Å². The molecule has 2 fully saturated rings. The van der Waals surface area contributed by atoms with Crippen molar-refractivity contribution in [3.05, 3.63) is 83.5 Å². The average molecular weight is 581 g/mol. The van der Waals surface area contributed by atoms with Crippen LogP contribution in [0.5, 0.6) is 0 Å². The number of rotatable bonds is 10. The Balaban J connectivity index is 1.24. The van der Waals surface area contributed by atoms with Crippen LogP contribution < -0.4 is 5.32 Å². The van der Waals surface area contributed by atoms with Gasteiger partial charge in [0.2, 0.25) is 16.0 Å². The van der Waals surface area contributed by atoms with Gasteiger partial charge in [0.05, 0.1) is 16.4 Å². The van der Waals surface area contributed by atoms with Crippen molar-refractivity contribution >= 4 is 44.5 Å². The van der Waals surface area contributed by atoms with E-state index in [9.17, 15) is 12.8 Å². The van der Waals surface area contributed by atoms with Gasteiger partial charge in [-0.25, -0.2) is 22.8 Å². The summed E-state index contributed by atoms with van der Waals surface area (Å²) < 4.78 is 41.9. The Morgan fingerprint density at radius 3 is 2.58 bits per heavy atom. The van der Waals surface area contributed by atoms with Gasteiger partial charge in [-0.3, -0.25) is 4.90 Å². The molecule has 11 heteroatoms. The molecule has 2 unspecified atom stereocenters. The molecule has 1 N–H and O–H groups in total. The summed E-state index contributed by atoms with van der Waals surface area (Å²) in [5.74, 6) is 0.225. The molecule has 2 bridgehead atoms. The predicted octanol–water partition coefficient (Wildman–Crippen LogP) is 6.23. The van der Waals surface area contributed by atoms with E-state index in [1.54, 1.807) is 53.0 Å². The third-order valence-electron chi connectivity index (χ3n) is 7.55. The molecule has 2 aliphatic heterocycles. The summed E-state index contributed by atoms with van der Waals surface area (Å²) >= 11 is 1.72. The normalized spacial score (nSPS) is 22.1. The Morgan fingerprint density at radius 1 is 1.23 bits per heavy atom. The first kappa shape index (κ1) is 28.3. The van der Waals surface area contributed by atoms with E-state index in [1.807, 2.05) is 0 Å². The fourth-order valence-electron chi connectivity index (χ4n) is 5.54. The molecule has 5 rings (SSSR count). The number of piperidine rings is 1. The number of halogens is 1. The molecule has 2 saturated heterocycles. The molecule has 1 aromatic carbocycles. The number of allylic oxidation sites excluding steroid dienone is 3. The maximum atomic E-state index is 13.5. The fourth-order valence-corrected chi connectivity index (χ4v) is 7.58. The van der Waals surface area contributed by atoms with E-state index in [4.69, 9.17) is 0 Å². The van der Waals surface area contributed by atoms with Crippen LogP contribution in [0.2, 0.25) is 0 Å². The predicted molar refractivity (Wildman–Crippen MR) is 159 cm³/mol. The van der Waals surface area contributed by atoms with E-state index in [1.165, 1.54) is 30.8 Å². The Kier molecular flexibility index (Phi) is 8.55. The van der Waals surface area contributed by atoms with Gasteiger partial charge in [-0.2, -0.15) is 20.6 Å². The van der Waals surface area contributed by atoms with Crippen molar-refractivity contribution < 1.29 is 12.8 Å². The summed E-state index contributed by atoms with van der Waals surface area (Å²) in [6.45, 7) is 5.91. The minimum atomic E-state index is -3.65. The molecule has 0 aliphatic carbocycles. The molecule has 40 heavy (non-hydrogen) atoms. The number of aromatic nitrogens is 2. The zero-order valence-electron chi connectivity index (χ0n) is 22.6. The van der Waals surface area contributed by atoms with Gasteiger partial charge in [0.25, 0.3) is 0 Å². The molecule has 8 nitrogen and oxygen atoms in total. The highest BCUT2D eigenvalue weighted by Crippen LogP contribution is 2.39. The number of nitrogens with one attached hydrogen (secondary N) is 1. The SMILES string of the molecule is C=CC(C=C(C)F)=Nc1ccnc(Nc2ccc(S(=O)(=O)N(C)C3CC4CCC(C3)N4Cc3ccsc3)cc2)n1. The summed E-state index contributed by atoms with van der Waals surface area (Å²) in [7, 11) is -1.95. The standard InChI is InChI=1S/C29H33FN6O2S2/c1-4-22(15-20(2)30)32-28-11-13-31-29(34-28)33-23-5-9-27(10-6-23)40(37,38)35(3)26-16-24-7-8-25(17-26)36(24)18-21-12-14-39-19-21/h4-6,9-15,19,24-26H,1,7-8,16-18H2,2-3H3,(H,31,33,34). The van der Waals surface area contributed by atoms with Gasteiger partial charge in [0.15, 0.2) is 5.82 Å². The number of hydrogen-bond acceptors (Lipinski definition) is 8. The summed E-state index contributed by atoms with van der Waals surface area (Å²) in [5, 5.41) is 7.38. The molecule has 0 saturated carbocycles. The Labute approximate surface area is 239 Å². The number of sulfonamides is 1. The van der Waals surface area contributed by atoms with Gasteiger partial charge >= 0.3 is 0 Å². The van der Waals surface area contributed by atoms with Gasteiger partial charge in [-0.1, -0.05) is 6.58 Å². The van der Waals surface area contributed by atoms with Crippen molar-refractivity contribution in [2.24, 2.45) is 4.99 Å². The minimum Gasteiger partial charge on any atom is -0.324 e. The fraction of sp³-hybridized carbons (Fsp3) is 0.345. The zero-order valence-corrected chi connectivity index (χ0v) is 24.2. The van der Waals surface area contributed by atoms with Crippen molar-refractivity contribution in [2.75, 3.05) is 12.4 Å². The first-order valence-electron chi connectivity index (χ1n) is 13.2. The lowest BCUT2D eigenvalue weighted by atomic mass is 9.97. The van der Waals surface area contributed by atoms with Crippen molar-refractivity contribution in [1.82, 2.24) is 19.2 Å². The van der Waals surface area contributed by atoms with Crippen LogP contribution in [0.4, 0.5) is 21.8 Å². The van der Waals surface area contributed by atoms with Gasteiger partial charge in [0, 0.05) is 49.7 Å². The quantitative estimate of drug-likeness (QED) is 0.286. The summed E-state index contributed by atoms with van der Waals surface area (Å²) in [4.78, 5) is 15.6. The maximum Gasteiger partial charge on any atom is 0.243 e. The first-order chi connectivity index (χ1) is 19.2. The molecule has 0 radical (unpaired) electrons. The van der Waals surface area contributed by atoms with Gasteiger partial charge < -0.3 is 5.32 Å². The van der Waals surface area contributed by atoms with Gasteiger partial charge in [-0.05, 0) is 91.4 Å². The lowest BCUT2D eigenvalue weighted by molar-refractivity contribution is 0.0907. The Bertz CT molecular complexity index is 1490. The Hall–Kier alpha value is -3.25. The number of benzene rings is 1. The molecular formula is C29H33FN6O2S2. The zero-order chi connectivity index (χ0) is 28.3. The summed E-state index contributed by atoms with van der Waals surface area (Å²) in [6.07, 6.45) is 8.17. The smallest absolute Gasteiger partial charge is 0.243 e. The number of anilines is 2. The molecule has 2 aromatic heterocycles. The van der Waals surface area contributed by atoms with Crippen molar-refractivity contribution in [1.29, 1.82) is 0 Å². The van der Waals surface area contributed by atoms with Crippen LogP contribution in [-0.4, -0.2) is 58.5 Å². The largest absolute Gasteiger partial charge is 0.324 e. The number of fused-ring (bicyclic) bond motifs is 2. The number of thiophene rings is 1. The summed E-state index contributed by atoms with van der Waals surface area (Å²) in [6, 6.07) is 11.2. The van der Waals surface area contributed by atoms with E-state index in [0.717, 1.165) is 32.2 Å². The van der Waals surface area contributed by atoms with Crippen LogP contribution in [-0.2, 0) is 16.6 Å². The second-order valence-electron chi connectivity index (χ2n) is 10.2. The molecule has 3 aromatic rings. The van der Waals surface area contributed by atoms with Crippen LogP contribution in [0, 0.1) is 0 Å². The van der Waals surface area contributed by atoms with Crippen molar-refractivity contribution in [3.8, 4) is 0 Å².